The molecule has 0 radical (unpaired) electrons. The third kappa shape index (κ3) is 4.66. The Morgan fingerprint density at radius 3 is 2.35 bits per heavy atom. The van der Waals surface area contributed by atoms with Crippen LogP contribution in [0.15, 0.2) is 52.9 Å². The third-order valence-corrected chi connectivity index (χ3v) is 5.07. The maximum atomic E-state index is 12.5. The van der Waals surface area contributed by atoms with Gasteiger partial charge in [-0.1, -0.05) is 17.2 Å². The number of carbonyl (C=O) groups excluding carboxylic acids is 2. The number of anilines is 2. The minimum Gasteiger partial charge on any atom is -0.497 e. The van der Waals surface area contributed by atoms with Crippen LogP contribution >= 0.6 is 0 Å². The molecule has 2 amide bonds. The van der Waals surface area contributed by atoms with Crippen LogP contribution in [0.3, 0.4) is 0 Å². The van der Waals surface area contributed by atoms with Crippen molar-refractivity contribution in [3.63, 3.8) is 0 Å². The molecule has 160 valence electrons. The van der Waals surface area contributed by atoms with Crippen molar-refractivity contribution in [1.82, 2.24) is 10.2 Å². The van der Waals surface area contributed by atoms with Gasteiger partial charge in [-0.15, -0.1) is 5.10 Å². The van der Waals surface area contributed by atoms with Crippen LogP contribution in [0.1, 0.15) is 23.8 Å². The van der Waals surface area contributed by atoms with Crippen LogP contribution in [0, 0.1) is 0 Å². The Morgan fingerprint density at radius 1 is 1.06 bits per heavy atom. The lowest BCUT2D eigenvalue weighted by Gasteiger charge is -2.16. The number of rotatable bonds is 7. The molecule has 0 aliphatic carbocycles. The SMILES string of the molecule is COc1ccc(CC(=O)Nc2nnc([C@@H]3CC(=O)N(c4ccc(OC)cc4)C3)o2)cc1. The van der Waals surface area contributed by atoms with Crippen molar-refractivity contribution in [2.45, 2.75) is 18.8 Å². The van der Waals surface area contributed by atoms with E-state index < -0.39 is 0 Å². The highest BCUT2D eigenvalue weighted by Gasteiger charge is 2.35. The van der Waals surface area contributed by atoms with Crippen molar-refractivity contribution < 1.29 is 23.5 Å². The number of benzene rings is 2. The zero-order valence-corrected chi connectivity index (χ0v) is 17.2. The molecule has 4 rings (SSSR count). The van der Waals surface area contributed by atoms with Crippen LogP contribution in [0.25, 0.3) is 0 Å². The highest BCUT2D eigenvalue weighted by Crippen LogP contribution is 2.32. The molecule has 1 aliphatic heterocycles. The average Bonchev–Trinajstić information content (AvgIpc) is 3.41. The number of amides is 2. The second-order valence-corrected chi connectivity index (χ2v) is 7.12. The molecular formula is C22H22N4O5. The molecule has 1 fully saturated rings. The molecule has 0 saturated carbocycles. The fourth-order valence-corrected chi connectivity index (χ4v) is 3.43. The average molecular weight is 422 g/mol. The largest absolute Gasteiger partial charge is 0.497 e. The Morgan fingerprint density at radius 2 is 1.71 bits per heavy atom. The maximum absolute atomic E-state index is 12.5. The van der Waals surface area contributed by atoms with E-state index in [1.54, 1.807) is 43.4 Å². The van der Waals surface area contributed by atoms with Gasteiger partial charge in [0.1, 0.15) is 11.5 Å². The number of nitrogens with zero attached hydrogens (tertiary/aromatic N) is 3. The number of hydrogen-bond acceptors (Lipinski definition) is 7. The van der Waals surface area contributed by atoms with E-state index in [1.807, 2.05) is 24.3 Å². The summed E-state index contributed by atoms with van der Waals surface area (Å²) >= 11 is 0. The summed E-state index contributed by atoms with van der Waals surface area (Å²) in [5.41, 5.74) is 1.61. The molecule has 2 heterocycles. The van der Waals surface area contributed by atoms with Gasteiger partial charge in [-0.05, 0) is 42.0 Å². The highest BCUT2D eigenvalue weighted by atomic mass is 16.5. The summed E-state index contributed by atoms with van der Waals surface area (Å²) in [4.78, 5) is 26.4. The van der Waals surface area contributed by atoms with Crippen LogP contribution in [0.2, 0.25) is 0 Å². The summed E-state index contributed by atoms with van der Waals surface area (Å²) < 4.78 is 15.9. The van der Waals surface area contributed by atoms with E-state index in [0.29, 0.717) is 12.4 Å². The van der Waals surface area contributed by atoms with Crippen LogP contribution in [0.5, 0.6) is 11.5 Å². The van der Waals surface area contributed by atoms with Crippen molar-refractivity contribution in [3.8, 4) is 11.5 Å². The first kappa shape index (κ1) is 20.4. The minimum atomic E-state index is -0.275. The number of nitrogens with one attached hydrogen (secondary N) is 1. The van der Waals surface area contributed by atoms with Crippen LogP contribution in [0.4, 0.5) is 11.7 Å². The lowest BCUT2D eigenvalue weighted by atomic mass is 10.1. The van der Waals surface area contributed by atoms with Gasteiger partial charge in [-0.25, -0.2) is 0 Å². The van der Waals surface area contributed by atoms with Crippen molar-refractivity contribution in [2.24, 2.45) is 0 Å². The van der Waals surface area contributed by atoms with Crippen LogP contribution in [-0.2, 0) is 16.0 Å². The quantitative estimate of drug-likeness (QED) is 0.624. The zero-order chi connectivity index (χ0) is 21.8. The maximum Gasteiger partial charge on any atom is 0.322 e. The molecule has 1 aromatic heterocycles. The molecule has 1 N–H and O–H groups in total. The smallest absolute Gasteiger partial charge is 0.322 e. The first-order valence-electron chi connectivity index (χ1n) is 9.76. The monoisotopic (exact) mass is 422 g/mol. The van der Waals surface area contributed by atoms with Crippen LogP contribution in [-0.4, -0.2) is 42.8 Å². The van der Waals surface area contributed by atoms with Gasteiger partial charge in [0.15, 0.2) is 0 Å². The summed E-state index contributed by atoms with van der Waals surface area (Å²) in [6.45, 7) is 0.423. The Balaban J connectivity index is 1.36. The fraction of sp³-hybridized carbons (Fsp3) is 0.273. The summed E-state index contributed by atoms with van der Waals surface area (Å²) in [6.07, 6.45) is 0.419. The number of methoxy groups -OCH3 is 2. The van der Waals surface area contributed by atoms with Gasteiger partial charge in [0.05, 0.1) is 26.6 Å². The number of ether oxygens (including phenoxy) is 2. The molecule has 0 unspecified atom stereocenters. The molecule has 31 heavy (non-hydrogen) atoms. The molecule has 0 bridgehead atoms. The standard InChI is InChI=1S/C22H22N4O5/c1-29-17-7-3-14(4-8-17)11-19(27)23-22-25-24-21(31-22)15-12-20(28)26(13-15)16-5-9-18(30-2)10-6-16/h3-10,15H,11-13H2,1-2H3,(H,23,25,27)/t15-/m1/s1. The van der Waals surface area contributed by atoms with Gasteiger partial charge < -0.3 is 18.8 Å². The third-order valence-electron chi connectivity index (χ3n) is 5.07. The molecule has 1 saturated heterocycles. The van der Waals surface area contributed by atoms with Gasteiger partial charge >= 0.3 is 6.01 Å². The minimum absolute atomic E-state index is 0.0175. The van der Waals surface area contributed by atoms with Gasteiger partial charge in [0.2, 0.25) is 17.7 Å². The van der Waals surface area contributed by atoms with E-state index in [1.165, 1.54) is 0 Å². The number of aromatic nitrogens is 2. The van der Waals surface area contributed by atoms with Crippen LogP contribution < -0.4 is 19.7 Å². The molecular weight excluding hydrogens is 400 g/mol. The van der Waals surface area contributed by atoms with E-state index in [-0.39, 0.29) is 36.6 Å². The summed E-state index contributed by atoms with van der Waals surface area (Å²) in [5, 5.41) is 10.5. The lowest BCUT2D eigenvalue weighted by molar-refractivity contribution is -0.117. The second-order valence-electron chi connectivity index (χ2n) is 7.12. The molecule has 1 aliphatic rings. The van der Waals surface area contributed by atoms with Crippen molar-refractivity contribution in [1.29, 1.82) is 0 Å². The van der Waals surface area contributed by atoms with Gasteiger partial charge in [-0.2, -0.15) is 0 Å². The summed E-state index contributed by atoms with van der Waals surface area (Å²) in [7, 11) is 3.18. The van der Waals surface area contributed by atoms with E-state index in [9.17, 15) is 9.59 Å². The summed E-state index contributed by atoms with van der Waals surface area (Å²) in [6, 6.07) is 14.5. The Kier molecular flexibility index (Phi) is 5.83. The predicted octanol–water partition coefficient (Wildman–Crippen LogP) is 2.79. The fourth-order valence-electron chi connectivity index (χ4n) is 3.43. The van der Waals surface area contributed by atoms with E-state index in [0.717, 1.165) is 22.7 Å². The summed E-state index contributed by atoms with van der Waals surface area (Å²) in [5.74, 6) is 1.22. The molecule has 2 aromatic carbocycles. The van der Waals surface area contributed by atoms with Crippen molar-refractivity contribution in [3.05, 3.63) is 60.0 Å². The highest BCUT2D eigenvalue weighted by molar-refractivity contribution is 5.96. The Hall–Kier alpha value is -3.88. The normalized spacial score (nSPS) is 15.7. The van der Waals surface area contributed by atoms with Gasteiger partial charge in [0.25, 0.3) is 0 Å². The van der Waals surface area contributed by atoms with Crippen molar-refractivity contribution >= 4 is 23.5 Å². The Bertz CT molecular complexity index is 1060. The Labute approximate surface area is 179 Å². The van der Waals surface area contributed by atoms with Gasteiger partial charge in [-0.3, -0.25) is 14.9 Å². The van der Waals surface area contributed by atoms with Gasteiger partial charge in [0, 0.05) is 18.7 Å². The molecule has 9 nitrogen and oxygen atoms in total. The first-order valence-corrected chi connectivity index (χ1v) is 9.76. The predicted molar refractivity (Wildman–Crippen MR) is 112 cm³/mol. The van der Waals surface area contributed by atoms with E-state index >= 15 is 0 Å². The topological polar surface area (TPSA) is 107 Å². The van der Waals surface area contributed by atoms with Crippen molar-refractivity contribution in [2.75, 3.05) is 31.0 Å². The molecule has 9 heteroatoms. The number of carbonyl (C=O) groups is 2. The second kappa shape index (κ2) is 8.86. The zero-order valence-electron chi connectivity index (χ0n) is 17.2. The number of hydrogen-bond donors (Lipinski definition) is 1. The molecule has 3 aromatic rings. The first-order chi connectivity index (χ1) is 15.1. The van der Waals surface area contributed by atoms with E-state index in [2.05, 4.69) is 15.5 Å². The molecule has 1 atom stereocenters. The lowest BCUT2D eigenvalue weighted by Crippen LogP contribution is -2.24. The van der Waals surface area contributed by atoms with E-state index in [4.69, 9.17) is 13.9 Å². The molecule has 0 spiro atoms.